The molecule has 4 rings (SSSR count). The van der Waals surface area contributed by atoms with E-state index in [4.69, 9.17) is 9.26 Å². The Balaban J connectivity index is 1.31. The number of thiazole rings is 1. The molecule has 1 amide bonds. The Bertz CT molecular complexity index is 789. The lowest BCUT2D eigenvalue weighted by atomic mass is 10.2. The second-order valence-corrected chi connectivity index (χ2v) is 6.15. The summed E-state index contributed by atoms with van der Waals surface area (Å²) in [5, 5.41) is 8.66. The molecule has 9 heteroatoms. The van der Waals surface area contributed by atoms with Crippen molar-refractivity contribution in [3.05, 3.63) is 35.2 Å². The number of hydrogen-bond acceptors (Lipinski definition) is 7. The zero-order valence-electron chi connectivity index (χ0n) is 12.3. The quantitative estimate of drug-likeness (QED) is 0.762. The molecule has 0 spiro atoms. The fourth-order valence-corrected chi connectivity index (χ4v) is 3.19. The minimum Gasteiger partial charge on any atom is -0.368 e. The summed E-state index contributed by atoms with van der Waals surface area (Å²) in [4.78, 5) is 21.4. The highest BCUT2D eigenvalue weighted by molar-refractivity contribution is 7.15. The molecule has 1 unspecified atom stereocenters. The summed E-state index contributed by atoms with van der Waals surface area (Å²) in [6.45, 7) is 1.16. The average Bonchev–Trinajstić information content (AvgIpc) is 3.29. The molecule has 1 aliphatic heterocycles. The number of amides is 1. The van der Waals surface area contributed by atoms with Gasteiger partial charge < -0.3 is 14.6 Å². The van der Waals surface area contributed by atoms with Gasteiger partial charge >= 0.3 is 0 Å². The Morgan fingerprint density at radius 1 is 1.48 bits per heavy atom. The normalized spacial score (nSPS) is 17.8. The zero-order chi connectivity index (χ0) is 15.6. The van der Waals surface area contributed by atoms with Crippen molar-refractivity contribution in [3.63, 3.8) is 0 Å². The first-order valence-electron chi connectivity index (χ1n) is 7.44. The van der Waals surface area contributed by atoms with E-state index in [1.165, 1.54) is 11.3 Å². The van der Waals surface area contributed by atoms with Gasteiger partial charge in [-0.1, -0.05) is 5.16 Å². The van der Waals surface area contributed by atoms with Crippen LogP contribution in [-0.4, -0.2) is 38.6 Å². The second-order valence-electron chi connectivity index (χ2n) is 5.28. The number of ether oxygens (including phenoxy) is 1. The maximum Gasteiger partial charge on any atom is 0.271 e. The van der Waals surface area contributed by atoms with Crippen LogP contribution in [0.2, 0.25) is 0 Å². The molecule has 0 saturated carbocycles. The van der Waals surface area contributed by atoms with Crippen molar-refractivity contribution >= 4 is 22.2 Å². The summed E-state index contributed by atoms with van der Waals surface area (Å²) in [5.41, 5.74) is 0.407. The van der Waals surface area contributed by atoms with Crippen molar-refractivity contribution in [2.24, 2.45) is 0 Å². The van der Waals surface area contributed by atoms with E-state index in [1.807, 2.05) is 16.0 Å². The van der Waals surface area contributed by atoms with Gasteiger partial charge in [0.25, 0.3) is 11.8 Å². The van der Waals surface area contributed by atoms with Crippen molar-refractivity contribution in [3.8, 4) is 0 Å². The molecule has 120 valence electrons. The van der Waals surface area contributed by atoms with Gasteiger partial charge in [0, 0.05) is 37.3 Å². The highest BCUT2D eigenvalue weighted by atomic mass is 32.1. The van der Waals surface area contributed by atoms with Gasteiger partial charge in [-0.2, -0.15) is 4.98 Å². The van der Waals surface area contributed by atoms with Crippen LogP contribution in [0, 0.1) is 0 Å². The summed E-state index contributed by atoms with van der Waals surface area (Å²) in [7, 11) is 0. The fraction of sp³-hybridized carbons (Fsp3) is 0.429. The third-order valence-electron chi connectivity index (χ3n) is 3.65. The van der Waals surface area contributed by atoms with Gasteiger partial charge in [-0.15, -0.1) is 11.3 Å². The van der Waals surface area contributed by atoms with Crippen molar-refractivity contribution in [2.75, 3.05) is 13.2 Å². The minimum absolute atomic E-state index is 0.0793. The monoisotopic (exact) mass is 333 g/mol. The van der Waals surface area contributed by atoms with E-state index in [0.717, 1.165) is 24.4 Å². The van der Waals surface area contributed by atoms with Crippen molar-refractivity contribution < 1.29 is 14.1 Å². The Hall–Kier alpha value is -2.26. The number of rotatable bonds is 5. The third kappa shape index (κ3) is 2.97. The predicted octanol–water partition coefficient (Wildman–Crippen LogP) is 1.60. The summed E-state index contributed by atoms with van der Waals surface area (Å²) in [6.07, 6.45) is 5.94. The summed E-state index contributed by atoms with van der Waals surface area (Å²) < 4.78 is 12.5. The number of nitrogens with zero attached hydrogens (tertiary/aromatic N) is 4. The van der Waals surface area contributed by atoms with Gasteiger partial charge in [-0.25, -0.2) is 4.98 Å². The van der Waals surface area contributed by atoms with Crippen molar-refractivity contribution in [1.82, 2.24) is 24.8 Å². The summed E-state index contributed by atoms with van der Waals surface area (Å²) >= 11 is 1.49. The molecule has 0 aromatic carbocycles. The van der Waals surface area contributed by atoms with Crippen LogP contribution in [0.25, 0.3) is 4.96 Å². The van der Waals surface area contributed by atoms with Crippen LogP contribution in [0.1, 0.15) is 41.1 Å². The molecule has 1 aliphatic rings. The number of nitrogens with one attached hydrogen (secondary N) is 1. The predicted molar refractivity (Wildman–Crippen MR) is 81.3 cm³/mol. The smallest absolute Gasteiger partial charge is 0.271 e. The Labute approximate surface area is 135 Å². The molecule has 1 atom stereocenters. The van der Waals surface area contributed by atoms with Crippen LogP contribution in [0.4, 0.5) is 0 Å². The largest absolute Gasteiger partial charge is 0.368 e. The van der Waals surface area contributed by atoms with Gasteiger partial charge in [0.15, 0.2) is 10.8 Å². The maximum atomic E-state index is 12.1. The second kappa shape index (κ2) is 6.09. The number of carbonyl (C=O) groups excluding carboxylic acids is 1. The Morgan fingerprint density at radius 3 is 3.26 bits per heavy atom. The average molecular weight is 333 g/mol. The molecule has 23 heavy (non-hydrogen) atoms. The molecule has 3 aromatic heterocycles. The van der Waals surface area contributed by atoms with E-state index in [2.05, 4.69) is 20.4 Å². The van der Waals surface area contributed by atoms with E-state index in [1.54, 1.807) is 6.20 Å². The topological polar surface area (TPSA) is 94.5 Å². The first kappa shape index (κ1) is 14.3. The van der Waals surface area contributed by atoms with E-state index >= 15 is 0 Å². The van der Waals surface area contributed by atoms with Gasteiger partial charge in [0.2, 0.25) is 0 Å². The van der Waals surface area contributed by atoms with E-state index in [0.29, 0.717) is 30.4 Å². The van der Waals surface area contributed by atoms with Crippen molar-refractivity contribution in [1.29, 1.82) is 0 Å². The number of imidazole rings is 1. The number of carbonyl (C=O) groups is 1. The van der Waals surface area contributed by atoms with Gasteiger partial charge in [-0.05, 0) is 12.8 Å². The molecule has 4 heterocycles. The first-order chi connectivity index (χ1) is 11.3. The van der Waals surface area contributed by atoms with Gasteiger partial charge in [0.05, 0.1) is 0 Å². The molecule has 1 saturated heterocycles. The number of fused-ring (bicyclic) bond motifs is 1. The van der Waals surface area contributed by atoms with E-state index < -0.39 is 0 Å². The van der Waals surface area contributed by atoms with Crippen molar-refractivity contribution in [2.45, 2.75) is 25.4 Å². The van der Waals surface area contributed by atoms with E-state index in [9.17, 15) is 4.79 Å². The highest BCUT2D eigenvalue weighted by Gasteiger charge is 2.23. The lowest BCUT2D eigenvalue weighted by molar-refractivity contribution is 0.0835. The first-order valence-corrected chi connectivity index (χ1v) is 8.32. The van der Waals surface area contributed by atoms with E-state index in [-0.39, 0.29) is 12.0 Å². The van der Waals surface area contributed by atoms with Crippen LogP contribution >= 0.6 is 11.3 Å². The SMILES string of the molecule is O=C(NCCc1noc(C2CCCO2)n1)c1cn2ccsc2n1. The summed E-state index contributed by atoms with van der Waals surface area (Å²) in [6, 6.07) is 0. The van der Waals surface area contributed by atoms with Crippen LogP contribution in [0.5, 0.6) is 0 Å². The molecule has 1 fully saturated rings. The molecule has 8 nitrogen and oxygen atoms in total. The fourth-order valence-electron chi connectivity index (χ4n) is 2.49. The molecule has 1 N–H and O–H groups in total. The standard InChI is InChI=1S/C14H15N5O3S/c20-12(9-8-19-5-7-23-14(19)16-9)15-4-3-11-17-13(22-18-11)10-2-1-6-21-10/h5,7-8,10H,1-4,6H2,(H,15,20). The molecule has 0 aliphatic carbocycles. The minimum atomic E-state index is -0.205. The lowest BCUT2D eigenvalue weighted by Gasteiger charge is -2.01. The highest BCUT2D eigenvalue weighted by Crippen LogP contribution is 2.26. The molecule has 0 radical (unpaired) electrons. The van der Waals surface area contributed by atoms with Gasteiger partial charge in [-0.3, -0.25) is 9.20 Å². The third-order valence-corrected chi connectivity index (χ3v) is 4.42. The molecule has 3 aromatic rings. The van der Waals surface area contributed by atoms with Gasteiger partial charge in [0.1, 0.15) is 11.8 Å². The maximum absolute atomic E-state index is 12.1. The molecule has 0 bridgehead atoms. The summed E-state index contributed by atoms with van der Waals surface area (Å²) in [5.74, 6) is 0.892. The number of aromatic nitrogens is 4. The number of hydrogen-bond donors (Lipinski definition) is 1. The molecular formula is C14H15N5O3S. The van der Waals surface area contributed by atoms with Crippen LogP contribution in [0.15, 0.2) is 22.3 Å². The zero-order valence-corrected chi connectivity index (χ0v) is 13.1. The Kier molecular flexibility index (Phi) is 3.80. The van der Waals surface area contributed by atoms with Crippen LogP contribution in [0.3, 0.4) is 0 Å². The van der Waals surface area contributed by atoms with Crippen LogP contribution < -0.4 is 5.32 Å². The molecular weight excluding hydrogens is 318 g/mol. The lowest BCUT2D eigenvalue weighted by Crippen LogP contribution is -2.26. The Morgan fingerprint density at radius 2 is 2.43 bits per heavy atom. The van der Waals surface area contributed by atoms with Crippen LogP contribution in [-0.2, 0) is 11.2 Å².